The molecule has 0 saturated heterocycles. The SMILES string of the molecule is COc1cccc(C2CC(=O)Nc3c(C(=O)O)cn(-c4ccc(Cl)cc4)c32)c1OC. The van der Waals surface area contributed by atoms with Crippen LogP contribution in [0.1, 0.15) is 34.0 Å². The van der Waals surface area contributed by atoms with Crippen LogP contribution in [0.3, 0.4) is 0 Å². The first-order valence-corrected chi connectivity index (χ1v) is 9.57. The molecule has 1 aromatic heterocycles. The number of hydrogen-bond acceptors (Lipinski definition) is 4. The van der Waals surface area contributed by atoms with Gasteiger partial charge < -0.3 is 24.5 Å². The van der Waals surface area contributed by atoms with E-state index >= 15 is 0 Å². The van der Waals surface area contributed by atoms with Gasteiger partial charge in [-0.25, -0.2) is 4.79 Å². The predicted molar refractivity (Wildman–Crippen MR) is 112 cm³/mol. The molecule has 0 saturated carbocycles. The number of hydrogen-bond donors (Lipinski definition) is 2. The van der Waals surface area contributed by atoms with Gasteiger partial charge in [-0.3, -0.25) is 4.79 Å². The molecule has 2 heterocycles. The number of nitrogens with zero attached hydrogens (tertiary/aromatic N) is 1. The topological polar surface area (TPSA) is 89.8 Å². The maximum Gasteiger partial charge on any atom is 0.339 e. The molecule has 2 aromatic carbocycles. The minimum absolute atomic E-state index is 0.0138. The number of carboxylic acid groups (broad SMARTS) is 1. The molecule has 1 aliphatic rings. The Bertz CT molecular complexity index is 1140. The third kappa shape index (κ3) is 3.27. The second-order valence-corrected chi connectivity index (χ2v) is 7.28. The number of benzene rings is 2. The largest absolute Gasteiger partial charge is 0.493 e. The molecular weight excluding hydrogens is 408 g/mol. The van der Waals surface area contributed by atoms with E-state index in [4.69, 9.17) is 21.1 Å². The Kier molecular flexibility index (Phi) is 5.13. The number of amides is 1. The third-order valence-corrected chi connectivity index (χ3v) is 5.42. The number of aromatic nitrogens is 1. The Hall–Kier alpha value is -3.45. The molecule has 2 N–H and O–H groups in total. The quantitative estimate of drug-likeness (QED) is 0.634. The highest BCUT2D eigenvalue weighted by Gasteiger charge is 2.36. The monoisotopic (exact) mass is 426 g/mol. The van der Waals surface area contributed by atoms with E-state index in [0.717, 1.165) is 11.3 Å². The van der Waals surface area contributed by atoms with E-state index in [2.05, 4.69) is 5.32 Å². The van der Waals surface area contributed by atoms with Crippen LogP contribution in [0.2, 0.25) is 5.02 Å². The first-order valence-electron chi connectivity index (χ1n) is 9.19. The first-order chi connectivity index (χ1) is 14.4. The van der Waals surface area contributed by atoms with Crippen molar-refractivity contribution in [2.24, 2.45) is 0 Å². The van der Waals surface area contributed by atoms with E-state index in [9.17, 15) is 14.7 Å². The molecule has 0 fully saturated rings. The second kappa shape index (κ2) is 7.76. The van der Waals surface area contributed by atoms with Crippen molar-refractivity contribution in [3.63, 3.8) is 0 Å². The molecule has 0 bridgehead atoms. The van der Waals surface area contributed by atoms with Gasteiger partial charge in [0.05, 0.1) is 25.6 Å². The average molecular weight is 427 g/mol. The Morgan fingerprint density at radius 1 is 1.17 bits per heavy atom. The van der Waals surface area contributed by atoms with Crippen molar-refractivity contribution in [3.8, 4) is 17.2 Å². The molecule has 0 spiro atoms. The third-order valence-electron chi connectivity index (χ3n) is 5.17. The van der Waals surface area contributed by atoms with Crippen LogP contribution < -0.4 is 14.8 Å². The fourth-order valence-corrected chi connectivity index (χ4v) is 4.01. The lowest BCUT2D eigenvalue weighted by molar-refractivity contribution is -0.116. The smallest absolute Gasteiger partial charge is 0.339 e. The lowest BCUT2D eigenvalue weighted by Crippen LogP contribution is -2.25. The van der Waals surface area contributed by atoms with Crippen molar-refractivity contribution >= 4 is 29.2 Å². The summed E-state index contributed by atoms with van der Waals surface area (Å²) in [5.74, 6) is -0.800. The number of carbonyl (C=O) groups excluding carboxylic acids is 1. The lowest BCUT2D eigenvalue weighted by Gasteiger charge is -2.27. The number of aromatic carboxylic acids is 1. The number of methoxy groups -OCH3 is 2. The molecule has 154 valence electrons. The molecule has 3 aromatic rings. The molecule has 30 heavy (non-hydrogen) atoms. The highest BCUT2D eigenvalue weighted by molar-refractivity contribution is 6.30. The normalized spacial score (nSPS) is 15.3. The van der Waals surface area contributed by atoms with E-state index in [1.807, 2.05) is 12.1 Å². The maximum absolute atomic E-state index is 12.5. The van der Waals surface area contributed by atoms with Gasteiger partial charge in [-0.05, 0) is 30.3 Å². The summed E-state index contributed by atoms with van der Waals surface area (Å²) in [6.45, 7) is 0. The van der Waals surface area contributed by atoms with E-state index in [-0.39, 0.29) is 23.6 Å². The summed E-state index contributed by atoms with van der Waals surface area (Å²) < 4.78 is 12.8. The second-order valence-electron chi connectivity index (χ2n) is 6.84. The molecule has 1 aliphatic heterocycles. The standard InChI is InChI=1S/C22H19ClN2O5/c1-29-17-5-3-4-14(21(17)30-2)15-10-18(26)24-19-16(22(27)28)11-25(20(15)19)13-8-6-12(23)7-9-13/h3-9,11,15H,10H2,1-2H3,(H,24,26)(H,27,28). The number of rotatable bonds is 5. The number of para-hydroxylation sites is 1. The van der Waals surface area contributed by atoms with Crippen molar-refractivity contribution in [2.75, 3.05) is 19.5 Å². The van der Waals surface area contributed by atoms with Crippen molar-refractivity contribution in [3.05, 3.63) is 70.5 Å². The Balaban J connectivity index is 1.99. The van der Waals surface area contributed by atoms with E-state index in [1.165, 1.54) is 13.3 Å². The van der Waals surface area contributed by atoms with Gasteiger partial charge in [-0.2, -0.15) is 0 Å². The van der Waals surface area contributed by atoms with Crippen LogP contribution in [0.25, 0.3) is 5.69 Å². The van der Waals surface area contributed by atoms with Crippen LogP contribution in [0.4, 0.5) is 5.69 Å². The summed E-state index contributed by atoms with van der Waals surface area (Å²) in [7, 11) is 3.08. The Morgan fingerprint density at radius 3 is 2.53 bits per heavy atom. The fraction of sp³-hybridized carbons (Fsp3) is 0.182. The van der Waals surface area contributed by atoms with E-state index < -0.39 is 11.9 Å². The van der Waals surface area contributed by atoms with Gasteiger partial charge in [0.25, 0.3) is 0 Å². The van der Waals surface area contributed by atoms with Gasteiger partial charge in [0.15, 0.2) is 11.5 Å². The van der Waals surface area contributed by atoms with Gasteiger partial charge in [0.1, 0.15) is 5.56 Å². The van der Waals surface area contributed by atoms with Gasteiger partial charge in [0.2, 0.25) is 5.91 Å². The van der Waals surface area contributed by atoms with Gasteiger partial charge in [0, 0.05) is 34.8 Å². The van der Waals surface area contributed by atoms with Crippen LogP contribution in [-0.2, 0) is 4.79 Å². The average Bonchev–Trinajstić information content (AvgIpc) is 3.12. The summed E-state index contributed by atoms with van der Waals surface area (Å²) in [5.41, 5.74) is 2.41. The highest BCUT2D eigenvalue weighted by atomic mass is 35.5. The summed E-state index contributed by atoms with van der Waals surface area (Å²) in [4.78, 5) is 24.4. The number of nitrogens with one attached hydrogen (secondary N) is 1. The van der Waals surface area contributed by atoms with Crippen molar-refractivity contribution in [2.45, 2.75) is 12.3 Å². The van der Waals surface area contributed by atoms with Crippen LogP contribution in [-0.4, -0.2) is 35.8 Å². The Morgan fingerprint density at radius 2 is 1.90 bits per heavy atom. The summed E-state index contributed by atoms with van der Waals surface area (Å²) in [5, 5.41) is 13.0. The van der Waals surface area contributed by atoms with E-state index in [1.54, 1.807) is 42.0 Å². The number of carbonyl (C=O) groups is 2. The molecule has 1 atom stereocenters. The lowest BCUT2D eigenvalue weighted by atomic mass is 9.87. The van der Waals surface area contributed by atoms with Gasteiger partial charge >= 0.3 is 5.97 Å². The molecule has 7 nitrogen and oxygen atoms in total. The first kappa shape index (κ1) is 19.8. The molecule has 0 radical (unpaired) electrons. The molecule has 0 aliphatic carbocycles. The zero-order valence-electron chi connectivity index (χ0n) is 16.3. The molecular formula is C22H19ClN2O5. The van der Waals surface area contributed by atoms with Gasteiger partial charge in [-0.1, -0.05) is 23.7 Å². The minimum Gasteiger partial charge on any atom is -0.493 e. The number of ether oxygens (including phenoxy) is 2. The van der Waals surface area contributed by atoms with Crippen LogP contribution in [0.15, 0.2) is 48.7 Å². The van der Waals surface area contributed by atoms with Crippen molar-refractivity contribution in [1.82, 2.24) is 4.57 Å². The molecule has 8 heteroatoms. The van der Waals surface area contributed by atoms with Crippen LogP contribution in [0.5, 0.6) is 11.5 Å². The number of halogens is 1. The minimum atomic E-state index is -1.13. The summed E-state index contributed by atoms with van der Waals surface area (Å²) >= 11 is 6.02. The molecule has 1 amide bonds. The van der Waals surface area contributed by atoms with E-state index in [0.29, 0.717) is 22.2 Å². The van der Waals surface area contributed by atoms with Crippen LogP contribution >= 0.6 is 11.6 Å². The summed E-state index contributed by atoms with van der Waals surface area (Å²) in [6.07, 6.45) is 1.65. The summed E-state index contributed by atoms with van der Waals surface area (Å²) in [6, 6.07) is 12.5. The fourth-order valence-electron chi connectivity index (χ4n) is 3.89. The molecule has 4 rings (SSSR count). The highest BCUT2D eigenvalue weighted by Crippen LogP contribution is 2.46. The van der Waals surface area contributed by atoms with Crippen LogP contribution in [0, 0.1) is 0 Å². The van der Waals surface area contributed by atoms with Crippen molar-refractivity contribution < 1.29 is 24.2 Å². The van der Waals surface area contributed by atoms with Gasteiger partial charge in [-0.15, -0.1) is 0 Å². The number of fused-ring (bicyclic) bond motifs is 1. The van der Waals surface area contributed by atoms with Crippen molar-refractivity contribution in [1.29, 1.82) is 0 Å². The Labute approximate surface area is 177 Å². The molecule has 1 unspecified atom stereocenters. The number of carboxylic acids is 1. The predicted octanol–water partition coefficient (Wildman–Crippen LogP) is 4.32. The zero-order valence-corrected chi connectivity index (χ0v) is 17.1. The maximum atomic E-state index is 12.5. The zero-order chi connectivity index (χ0) is 21.4. The number of anilines is 1.